The van der Waals surface area contributed by atoms with E-state index in [-0.39, 0.29) is 18.4 Å². The second-order valence-electron chi connectivity index (χ2n) is 6.58. The second-order valence-corrected chi connectivity index (χ2v) is 7.42. The monoisotopic (exact) mass is 380 g/mol. The summed E-state index contributed by atoms with van der Waals surface area (Å²) < 4.78 is 1.76. The summed E-state index contributed by atoms with van der Waals surface area (Å²) in [6, 6.07) is 5.36. The van der Waals surface area contributed by atoms with Gasteiger partial charge >= 0.3 is 0 Å². The third kappa shape index (κ3) is 4.00. The van der Waals surface area contributed by atoms with E-state index in [1.54, 1.807) is 16.8 Å². The van der Waals surface area contributed by atoms with Crippen molar-refractivity contribution in [2.45, 2.75) is 39.2 Å². The lowest BCUT2D eigenvalue weighted by atomic mass is 10.1. The normalized spacial score (nSPS) is 15.2. The second kappa shape index (κ2) is 7.36. The molecule has 1 heterocycles. The predicted octanol–water partition coefficient (Wildman–Crippen LogP) is 3.19. The van der Waals surface area contributed by atoms with Crippen molar-refractivity contribution < 1.29 is 4.79 Å². The number of halogens is 2. The minimum absolute atomic E-state index is 0.0182. The van der Waals surface area contributed by atoms with Crippen LogP contribution in [0.5, 0.6) is 0 Å². The maximum Gasteiger partial charge on any atom is 0.224 e. The molecular weight excluding hydrogens is 359 g/mol. The fourth-order valence-corrected chi connectivity index (χ4v) is 3.59. The smallest absolute Gasteiger partial charge is 0.224 e. The quantitative estimate of drug-likeness (QED) is 0.807. The molecule has 0 bridgehead atoms. The highest BCUT2D eigenvalue weighted by Crippen LogP contribution is 2.32. The number of hydrogen-bond donors (Lipinski definition) is 2. The molecular formula is C18H22Cl2N4O. The summed E-state index contributed by atoms with van der Waals surface area (Å²) in [7, 11) is 0. The standard InChI is InChI=1S/C18H22Cl2N4O/c1-10-14(8-18(25)22-16(9-21)12-3-4-12)11(2)24(23-10)17-6-5-13(19)7-15(17)20/h5-7,12,16H,3-4,8-9,21H2,1-2H3,(H,22,25). The molecule has 134 valence electrons. The molecule has 2 aromatic rings. The van der Waals surface area contributed by atoms with Crippen LogP contribution in [0.15, 0.2) is 18.2 Å². The molecule has 1 aromatic heterocycles. The summed E-state index contributed by atoms with van der Waals surface area (Å²) in [5.74, 6) is 0.516. The van der Waals surface area contributed by atoms with E-state index in [0.29, 0.717) is 22.5 Å². The van der Waals surface area contributed by atoms with Crippen LogP contribution in [0.4, 0.5) is 0 Å². The van der Waals surface area contributed by atoms with Gasteiger partial charge in [-0.15, -0.1) is 0 Å². The summed E-state index contributed by atoms with van der Waals surface area (Å²) in [5, 5.41) is 8.70. The number of aromatic nitrogens is 2. The van der Waals surface area contributed by atoms with Gasteiger partial charge < -0.3 is 11.1 Å². The van der Waals surface area contributed by atoms with Gasteiger partial charge in [-0.05, 0) is 50.8 Å². The van der Waals surface area contributed by atoms with Crippen molar-refractivity contribution in [1.82, 2.24) is 15.1 Å². The summed E-state index contributed by atoms with van der Waals surface area (Å²) >= 11 is 12.3. The summed E-state index contributed by atoms with van der Waals surface area (Å²) in [6.07, 6.45) is 2.58. The third-order valence-corrected chi connectivity index (χ3v) is 5.25. The van der Waals surface area contributed by atoms with Gasteiger partial charge in [0.1, 0.15) is 0 Å². The minimum atomic E-state index is -0.0182. The molecule has 3 N–H and O–H groups in total. The first-order valence-electron chi connectivity index (χ1n) is 8.40. The van der Waals surface area contributed by atoms with Gasteiger partial charge in [0, 0.05) is 28.9 Å². The maximum absolute atomic E-state index is 12.4. The molecule has 1 fully saturated rings. The zero-order valence-electron chi connectivity index (χ0n) is 14.4. The molecule has 1 saturated carbocycles. The van der Waals surface area contributed by atoms with Crippen molar-refractivity contribution in [3.8, 4) is 5.69 Å². The number of nitrogens with two attached hydrogens (primary N) is 1. The van der Waals surface area contributed by atoms with Gasteiger partial charge in [0.05, 0.1) is 22.8 Å². The van der Waals surface area contributed by atoms with E-state index in [9.17, 15) is 4.79 Å². The number of benzene rings is 1. The first-order valence-corrected chi connectivity index (χ1v) is 9.16. The van der Waals surface area contributed by atoms with Gasteiger partial charge in [0.15, 0.2) is 0 Å². The van der Waals surface area contributed by atoms with E-state index < -0.39 is 0 Å². The molecule has 7 heteroatoms. The van der Waals surface area contributed by atoms with Gasteiger partial charge in [-0.3, -0.25) is 4.79 Å². The first-order chi connectivity index (χ1) is 11.9. The zero-order valence-corrected chi connectivity index (χ0v) is 15.9. The Bertz CT molecular complexity index is 799. The fourth-order valence-electron chi connectivity index (χ4n) is 3.10. The zero-order chi connectivity index (χ0) is 18.1. The van der Waals surface area contributed by atoms with Crippen LogP contribution in [0.25, 0.3) is 5.69 Å². The largest absolute Gasteiger partial charge is 0.352 e. The Kier molecular flexibility index (Phi) is 5.37. The lowest BCUT2D eigenvalue weighted by Gasteiger charge is -2.16. The van der Waals surface area contributed by atoms with Gasteiger partial charge in [0.2, 0.25) is 5.91 Å². The van der Waals surface area contributed by atoms with Gasteiger partial charge in [-0.25, -0.2) is 4.68 Å². The van der Waals surface area contributed by atoms with Crippen molar-refractivity contribution in [2.75, 3.05) is 6.54 Å². The van der Waals surface area contributed by atoms with Crippen molar-refractivity contribution in [3.63, 3.8) is 0 Å². The molecule has 1 atom stereocenters. The van der Waals surface area contributed by atoms with E-state index in [2.05, 4.69) is 10.4 Å². The van der Waals surface area contributed by atoms with E-state index >= 15 is 0 Å². The number of amides is 1. The maximum atomic E-state index is 12.4. The third-order valence-electron chi connectivity index (χ3n) is 4.71. The number of carbonyl (C=O) groups is 1. The van der Waals surface area contributed by atoms with Gasteiger partial charge in [0.25, 0.3) is 0 Å². The van der Waals surface area contributed by atoms with Crippen LogP contribution in [0.1, 0.15) is 29.8 Å². The molecule has 0 spiro atoms. The molecule has 3 rings (SSSR count). The van der Waals surface area contributed by atoms with Crippen LogP contribution >= 0.6 is 23.2 Å². The van der Waals surface area contributed by atoms with Gasteiger partial charge in [-0.2, -0.15) is 5.10 Å². The minimum Gasteiger partial charge on any atom is -0.352 e. The van der Waals surface area contributed by atoms with Crippen LogP contribution in [-0.4, -0.2) is 28.3 Å². The Labute approximate surface area is 157 Å². The molecule has 0 saturated heterocycles. The van der Waals surface area contributed by atoms with E-state index in [4.69, 9.17) is 28.9 Å². The Morgan fingerprint density at radius 3 is 2.72 bits per heavy atom. The molecule has 0 aliphatic heterocycles. The van der Waals surface area contributed by atoms with Crippen LogP contribution in [0.3, 0.4) is 0 Å². The highest BCUT2D eigenvalue weighted by atomic mass is 35.5. The molecule has 1 aliphatic carbocycles. The Morgan fingerprint density at radius 1 is 1.40 bits per heavy atom. The molecule has 0 radical (unpaired) electrons. The van der Waals surface area contributed by atoms with Crippen LogP contribution in [0, 0.1) is 19.8 Å². The highest BCUT2D eigenvalue weighted by molar-refractivity contribution is 6.35. The molecule has 5 nitrogen and oxygen atoms in total. The predicted molar refractivity (Wildman–Crippen MR) is 100 cm³/mol. The fraction of sp³-hybridized carbons (Fsp3) is 0.444. The van der Waals surface area contributed by atoms with E-state index in [0.717, 1.165) is 35.5 Å². The lowest BCUT2D eigenvalue weighted by Crippen LogP contribution is -2.42. The Morgan fingerprint density at radius 2 is 2.12 bits per heavy atom. The van der Waals surface area contributed by atoms with E-state index in [1.807, 2.05) is 19.9 Å². The lowest BCUT2D eigenvalue weighted by molar-refractivity contribution is -0.121. The number of nitrogens with zero attached hydrogens (tertiary/aromatic N) is 2. The van der Waals surface area contributed by atoms with Crippen molar-refractivity contribution in [2.24, 2.45) is 11.7 Å². The van der Waals surface area contributed by atoms with E-state index in [1.165, 1.54) is 0 Å². The summed E-state index contributed by atoms with van der Waals surface area (Å²) in [5.41, 5.74) is 9.14. The number of nitrogens with one attached hydrogen (secondary N) is 1. The molecule has 1 unspecified atom stereocenters. The highest BCUT2D eigenvalue weighted by Gasteiger charge is 2.31. The molecule has 25 heavy (non-hydrogen) atoms. The molecule has 1 amide bonds. The first kappa shape index (κ1) is 18.2. The van der Waals surface area contributed by atoms with Crippen LogP contribution < -0.4 is 11.1 Å². The average molecular weight is 381 g/mol. The SMILES string of the molecule is Cc1nn(-c2ccc(Cl)cc2Cl)c(C)c1CC(=O)NC(CN)C1CC1. The number of carbonyl (C=O) groups excluding carboxylic acids is 1. The average Bonchev–Trinajstić information content (AvgIpc) is 3.36. The van der Waals surface area contributed by atoms with Crippen molar-refractivity contribution in [1.29, 1.82) is 0 Å². The Hall–Kier alpha value is -1.56. The number of hydrogen-bond acceptors (Lipinski definition) is 3. The van der Waals surface area contributed by atoms with Crippen LogP contribution in [-0.2, 0) is 11.2 Å². The topological polar surface area (TPSA) is 72.9 Å². The molecule has 1 aliphatic rings. The van der Waals surface area contributed by atoms with Crippen LogP contribution in [0.2, 0.25) is 10.0 Å². The number of aryl methyl sites for hydroxylation is 1. The van der Waals surface area contributed by atoms with Gasteiger partial charge in [-0.1, -0.05) is 23.2 Å². The number of rotatable bonds is 6. The Balaban J connectivity index is 1.81. The van der Waals surface area contributed by atoms with Crippen molar-refractivity contribution >= 4 is 29.1 Å². The molecule has 1 aromatic carbocycles. The summed E-state index contributed by atoms with van der Waals surface area (Å²) in [4.78, 5) is 12.4. The summed E-state index contributed by atoms with van der Waals surface area (Å²) in [6.45, 7) is 4.32. The van der Waals surface area contributed by atoms with Crippen molar-refractivity contribution in [3.05, 3.63) is 45.2 Å².